The molecule has 0 atom stereocenters. The number of piperazine rings is 1. The molecule has 4 rings (SSSR count). The monoisotopic (exact) mass is 396 g/mol. The molecule has 1 fully saturated rings. The summed E-state index contributed by atoms with van der Waals surface area (Å²) in [6, 6.07) is 9.96. The Kier molecular flexibility index (Phi) is 5.54. The van der Waals surface area contributed by atoms with E-state index < -0.39 is 0 Å². The van der Waals surface area contributed by atoms with Crippen LogP contribution in [0.25, 0.3) is 11.4 Å². The van der Waals surface area contributed by atoms with Crippen LogP contribution in [0, 0.1) is 0 Å². The molecule has 0 aliphatic carbocycles. The highest BCUT2D eigenvalue weighted by Gasteiger charge is 2.23. The van der Waals surface area contributed by atoms with Crippen molar-refractivity contribution >= 4 is 17.2 Å². The average Bonchev–Trinajstić information content (AvgIpc) is 3.40. The van der Waals surface area contributed by atoms with Crippen LogP contribution < -0.4 is 0 Å². The Hall–Kier alpha value is -2.51. The molecular weight excluding hydrogens is 372 g/mol. The molecule has 0 saturated carbocycles. The second-order valence-corrected chi connectivity index (χ2v) is 8.15. The molecule has 28 heavy (non-hydrogen) atoms. The Balaban J connectivity index is 1.31. The van der Waals surface area contributed by atoms with Crippen molar-refractivity contribution < 1.29 is 9.32 Å². The van der Waals surface area contributed by atoms with Crippen LogP contribution in [0.4, 0.5) is 0 Å². The van der Waals surface area contributed by atoms with Crippen LogP contribution in [0.5, 0.6) is 0 Å². The molecule has 1 saturated heterocycles. The lowest BCUT2D eigenvalue weighted by Gasteiger charge is -2.34. The van der Waals surface area contributed by atoms with E-state index in [1.165, 1.54) is 5.56 Å². The van der Waals surface area contributed by atoms with Crippen molar-refractivity contribution in [2.24, 2.45) is 0 Å². The number of carbonyl (C=O) groups excluding carboxylic acids is 1. The molecule has 1 aliphatic heterocycles. The molecular formula is C21H24N4O2S. The summed E-state index contributed by atoms with van der Waals surface area (Å²) in [5, 5.41) is 8.06. The minimum atomic E-state index is 0.104. The largest absolute Gasteiger partial charge is 0.338 e. The van der Waals surface area contributed by atoms with Gasteiger partial charge in [-0.25, -0.2) is 0 Å². The van der Waals surface area contributed by atoms with Gasteiger partial charge in [0.1, 0.15) is 0 Å². The molecule has 0 radical (unpaired) electrons. The summed E-state index contributed by atoms with van der Waals surface area (Å²) in [6.07, 6.45) is 0. The number of amides is 1. The van der Waals surface area contributed by atoms with Crippen LogP contribution in [0.3, 0.4) is 0 Å². The number of benzene rings is 1. The van der Waals surface area contributed by atoms with Gasteiger partial charge in [0.25, 0.3) is 5.91 Å². The fraction of sp³-hybridized carbons (Fsp3) is 0.381. The van der Waals surface area contributed by atoms with E-state index in [2.05, 4.69) is 41.0 Å². The summed E-state index contributed by atoms with van der Waals surface area (Å²) in [4.78, 5) is 21.4. The van der Waals surface area contributed by atoms with Crippen molar-refractivity contribution in [3.63, 3.8) is 0 Å². The Morgan fingerprint density at radius 3 is 2.54 bits per heavy atom. The molecule has 7 heteroatoms. The van der Waals surface area contributed by atoms with Gasteiger partial charge in [0.2, 0.25) is 11.7 Å². The summed E-state index contributed by atoms with van der Waals surface area (Å²) in [5.41, 5.74) is 3.00. The number of thiophene rings is 1. The predicted octanol–water partition coefficient (Wildman–Crippen LogP) is 3.88. The summed E-state index contributed by atoms with van der Waals surface area (Å²) in [7, 11) is 0. The van der Waals surface area contributed by atoms with Gasteiger partial charge in [0, 0.05) is 42.7 Å². The highest BCUT2D eigenvalue weighted by molar-refractivity contribution is 7.08. The van der Waals surface area contributed by atoms with Crippen LogP contribution >= 0.6 is 11.3 Å². The van der Waals surface area contributed by atoms with Crippen molar-refractivity contribution in [1.82, 2.24) is 19.9 Å². The SMILES string of the molecule is CC(C)c1ccc(C(=O)N2CCN(Cc3nc(-c4ccsc4)no3)CC2)cc1. The van der Waals surface area contributed by atoms with Gasteiger partial charge >= 0.3 is 0 Å². The van der Waals surface area contributed by atoms with Crippen LogP contribution in [0.1, 0.15) is 41.6 Å². The number of hydrogen-bond acceptors (Lipinski definition) is 6. The highest BCUT2D eigenvalue weighted by atomic mass is 32.1. The molecule has 2 aromatic heterocycles. The van der Waals surface area contributed by atoms with E-state index in [9.17, 15) is 4.79 Å². The van der Waals surface area contributed by atoms with Crippen molar-refractivity contribution in [1.29, 1.82) is 0 Å². The third-order valence-electron chi connectivity index (χ3n) is 5.09. The van der Waals surface area contributed by atoms with Crippen molar-refractivity contribution in [2.45, 2.75) is 26.3 Å². The average molecular weight is 397 g/mol. The number of hydrogen-bond donors (Lipinski definition) is 0. The first-order chi connectivity index (χ1) is 13.6. The van der Waals surface area contributed by atoms with Crippen molar-refractivity contribution in [2.75, 3.05) is 26.2 Å². The summed E-state index contributed by atoms with van der Waals surface area (Å²) in [6.45, 7) is 7.93. The zero-order valence-corrected chi connectivity index (χ0v) is 17.0. The van der Waals surface area contributed by atoms with E-state index in [0.29, 0.717) is 37.3 Å². The Bertz CT molecular complexity index is 910. The second kappa shape index (κ2) is 8.24. The van der Waals surface area contributed by atoms with E-state index in [1.807, 2.05) is 33.9 Å². The molecule has 0 N–H and O–H groups in total. The summed E-state index contributed by atoms with van der Waals surface area (Å²) in [5.74, 6) is 1.82. The van der Waals surface area contributed by atoms with Gasteiger partial charge in [-0.2, -0.15) is 16.3 Å². The van der Waals surface area contributed by atoms with E-state index in [-0.39, 0.29) is 5.91 Å². The van der Waals surface area contributed by atoms with E-state index in [0.717, 1.165) is 24.2 Å². The van der Waals surface area contributed by atoms with Gasteiger partial charge < -0.3 is 9.42 Å². The molecule has 1 aliphatic rings. The maximum atomic E-state index is 12.7. The maximum absolute atomic E-state index is 12.7. The molecule has 6 nitrogen and oxygen atoms in total. The third-order valence-corrected chi connectivity index (χ3v) is 5.77. The lowest BCUT2D eigenvalue weighted by Crippen LogP contribution is -2.48. The minimum absolute atomic E-state index is 0.104. The van der Waals surface area contributed by atoms with E-state index in [4.69, 9.17) is 4.52 Å². The Labute approximate surface area is 168 Å². The first-order valence-corrected chi connectivity index (χ1v) is 10.5. The molecule has 3 heterocycles. The smallest absolute Gasteiger partial charge is 0.253 e. The minimum Gasteiger partial charge on any atom is -0.338 e. The summed E-state index contributed by atoms with van der Waals surface area (Å²) < 4.78 is 5.39. The van der Waals surface area contributed by atoms with Crippen LogP contribution in [-0.2, 0) is 6.54 Å². The van der Waals surface area contributed by atoms with Crippen LogP contribution in [0.15, 0.2) is 45.6 Å². The van der Waals surface area contributed by atoms with Crippen LogP contribution in [-0.4, -0.2) is 52.0 Å². The topological polar surface area (TPSA) is 62.5 Å². The number of carbonyl (C=O) groups is 1. The van der Waals surface area contributed by atoms with Crippen LogP contribution in [0.2, 0.25) is 0 Å². The fourth-order valence-electron chi connectivity index (χ4n) is 3.32. The predicted molar refractivity (Wildman–Crippen MR) is 109 cm³/mol. The fourth-order valence-corrected chi connectivity index (χ4v) is 3.96. The third kappa shape index (κ3) is 4.15. The Morgan fingerprint density at radius 1 is 1.14 bits per heavy atom. The lowest BCUT2D eigenvalue weighted by atomic mass is 10.0. The summed E-state index contributed by atoms with van der Waals surface area (Å²) >= 11 is 1.61. The number of rotatable bonds is 5. The van der Waals surface area contributed by atoms with Gasteiger partial charge in [-0.15, -0.1) is 0 Å². The number of nitrogens with zero attached hydrogens (tertiary/aromatic N) is 4. The standard InChI is InChI=1S/C21H24N4O2S/c1-15(2)16-3-5-17(6-4-16)21(26)25-10-8-24(9-11-25)13-19-22-20(23-27-19)18-7-12-28-14-18/h3-7,12,14-15H,8-11,13H2,1-2H3. The highest BCUT2D eigenvalue weighted by Crippen LogP contribution is 2.20. The van der Waals surface area contributed by atoms with Crippen molar-refractivity contribution in [3.8, 4) is 11.4 Å². The first kappa shape index (κ1) is 18.8. The first-order valence-electron chi connectivity index (χ1n) is 9.57. The van der Waals surface area contributed by atoms with Gasteiger partial charge in [0.05, 0.1) is 6.54 Å². The van der Waals surface area contributed by atoms with E-state index in [1.54, 1.807) is 11.3 Å². The number of aromatic nitrogens is 2. The second-order valence-electron chi connectivity index (χ2n) is 7.37. The zero-order chi connectivity index (χ0) is 19.5. The Morgan fingerprint density at radius 2 is 1.89 bits per heavy atom. The molecule has 3 aromatic rings. The van der Waals surface area contributed by atoms with Gasteiger partial charge in [-0.1, -0.05) is 31.1 Å². The van der Waals surface area contributed by atoms with E-state index >= 15 is 0 Å². The van der Waals surface area contributed by atoms with Gasteiger partial charge in [-0.3, -0.25) is 9.69 Å². The van der Waals surface area contributed by atoms with Gasteiger partial charge in [-0.05, 0) is 35.1 Å². The zero-order valence-electron chi connectivity index (χ0n) is 16.2. The van der Waals surface area contributed by atoms with Gasteiger partial charge in [0.15, 0.2) is 0 Å². The lowest BCUT2D eigenvalue weighted by molar-refractivity contribution is 0.0615. The molecule has 0 spiro atoms. The van der Waals surface area contributed by atoms with Crippen molar-refractivity contribution in [3.05, 3.63) is 58.1 Å². The molecule has 146 valence electrons. The molecule has 1 amide bonds. The normalized spacial score (nSPS) is 15.3. The molecule has 0 bridgehead atoms. The maximum Gasteiger partial charge on any atom is 0.253 e. The quantitative estimate of drug-likeness (QED) is 0.655. The molecule has 0 unspecified atom stereocenters. The molecule has 1 aromatic carbocycles.